The lowest BCUT2D eigenvalue weighted by atomic mass is 10.4. The van der Waals surface area contributed by atoms with Gasteiger partial charge in [-0.2, -0.15) is 0 Å². The third kappa shape index (κ3) is 2.93. The third-order valence-electron chi connectivity index (χ3n) is 3.20. The van der Waals surface area contributed by atoms with Gasteiger partial charge in [0, 0.05) is 35.9 Å². The van der Waals surface area contributed by atoms with Crippen LogP contribution >= 0.6 is 11.3 Å². The molecular weight excluding hydrogens is 268 g/mol. The summed E-state index contributed by atoms with van der Waals surface area (Å²) in [6.45, 7) is 4.99. The first-order chi connectivity index (χ1) is 8.45. The van der Waals surface area contributed by atoms with Crippen LogP contribution in [0.15, 0.2) is 11.0 Å². The van der Waals surface area contributed by atoms with Gasteiger partial charge in [-0.1, -0.05) is 6.92 Å². The molecule has 1 N–H and O–H groups in total. The second-order valence-corrected chi connectivity index (χ2v) is 8.06. The quantitative estimate of drug-likeness (QED) is 0.870. The van der Waals surface area contributed by atoms with Gasteiger partial charge in [0.1, 0.15) is 0 Å². The van der Waals surface area contributed by atoms with E-state index in [1.807, 2.05) is 19.9 Å². The van der Waals surface area contributed by atoms with Crippen molar-refractivity contribution in [3.63, 3.8) is 0 Å². The number of aryl methyl sites for hydroxylation is 1. The maximum atomic E-state index is 12.3. The summed E-state index contributed by atoms with van der Waals surface area (Å²) in [5, 5.41) is 3.41. The average molecular weight is 288 g/mol. The fraction of sp³-hybridized carbons (Fsp3) is 0.667. The number of rotatable bonds is 6. The standard InChI is InChI=1S/C12H20N2O2S2/c1-4-14(3)18(15,16)12-7-11(17-9(12)2)8-13-10-5-6-10/h7,10,13H,4-6,8H2,1-3H3. The van der Waals surface area contributed by atoms with Gasteiger partial charge >= 0.3 is 0 Å². The Morgan fingerprint density at radius 2 is 2.17 bits per heavy atom. The Morgan fingerprint density at radius 1 is 1.50 bits per heavy atom. The number of thiophene rings is 1. The molecule has 2 rings (SSSR count). The molecule has 4 nitrogen and oxygen atoms in total. The van der Waals surface area contributed by atoms with Crippen molar-refractivity contribution in [3.05, 3.63) is 15.8 Å². The first-order valence-corrected chi connectivity index (χ1v) is 8.50. The summed E-state index contributed by atoms with van der Waals surface area (Å²) in [5.41, 5.74) is 0. The minimum absolute atomic E-state index is 0.462. The van der Waals surface area contributed by atoms with Gasteiger partial charge in [-0.05, 0) is 25.8 Å². The minimum atomic E-state index is -3.31. The molecule has 0 spiro atoms. The van der Waals surface area contributed by atoms with Gasteiger partial charge in [0.15, 0.2) is 0 Å². The Morgan fingerprint density at radius 3 is 2.72 bits per heavy atom. The predicted octanol–water partition coefficient (Wildman–Crippen LogP) is 1.95. The van der Waals surface area contributed by atoms with E-state index in [9.17, 15) is 8.42 Å². The van der Waals surface area contributed by atoms with Crippen LogP contribution in [0.4, 0.5) is 0 Å². The van der Waals surface area contributed by atoms with Crippen LogP contribution in [0.3, 0.4) is 0 Å². The number of hydrogen-bond acceptors (Lipinski definition) is 4. The molecule has 0 saturated heterocycles. The molecule has 1 aliphatic rings. The van der Waals surface area contributed by atoms with Crippen LogP contribution in [-0.2, 0) is 16.6 Å². The summed E-state index contributed by atoms with van der Waals surface area (Å²) in [4.78, 5) is 2.44. The van der Waals surface area contributed by atoms with Crippen LogP contribution in [0.5, 0.6) is 0 Å². The highest BCUT2D eigenvalue weighted by Crippen LogP contribution is 2.28. The fourth-order valence-electron chi connectivity index (χ4n) is 1.74. The van der Waals surface area contributed by atoms with Gasteiger partial charge in [0.05, 0.1) is 4.90 Å². The van der Waals surface area contributed by atoms with Crippen LogP contribution < -0.4 is 5.32 Å². The Bertz CT molecular complexity index is 518. The van der Waals surface area contributed by atoms with Crippen molar-refractivity contribution in [1.29, 1.82) is 0 Å². The van der Waals surface area contributed by atoms with E-state index in [4.69, 9.17) is 0 Å². The summed E-state index contributed by atoms with van der Waals surface area (Å²) in [7, 11) is -1.69. The van der Waals surface area contributed by atoms with E-state index in [0.29, 0.717) is 17.5 Å². The molecule has 102 valence electrons. The Kier molecular flexibility index (Phi) is 4.11. The molecule has 1 aromatic rings. The lowest BCUT2D eigenvalue weighted by Crippen LogP contribution is -2.26. The highest BCUT2D eigenvalue weighted by molar-refractivity contribution is 7.89. The normalized spacial score (nSPS) is 16.4. The van der Waals surface area contributed by atoms with Crippen LogP contribution in [-0.4, -0.2) is 32.4 Å². The Hall–Kier alpha value is -0.430. The van der Waals surface area contributed by atoms with Crippen LogP contribution in [0, 0.1) is 6.92 Å². The molecule has 0 unspecified atom stereocenters. The average Bonchev–Trinajstić information content (AvgIpc) is 3.08. The van der Waals surface area contributed by atoms with Gasteiger partial charge in [0.25, 0.3) is 0 Å². The van der Waals surface area contributed by atoms with Gasteiger partial charge in [-0.15, -0.1) is 11.3 Å². The molecule has 0 bridgehead atoms. The number of hydrogen-bond donors (Lipinski definition) is 1. The van der Waals surface area contributed by atoms with E-state index < -0.39 is 10.0 Å². The third-order valence-corrected chi connectivity index (χ3v) is 6.44. The zero-order valence-electron chi connectivity index (χ0n) is 11.1. The molecule has 1 saturated carbocycles. The van der Waals surface area contributed by atoms with Gasteiger partial charge in [-0.3, -0.25) is 0 Å². The van der Waals surface area contributed by atoms with Crippen molar-refractivity contribution in [1.82, 2.24) is 9.62 Å². The number of sulfonamides is 1. The second-order valence-electron chi connectivity index (χ2n) is 4.71. The smallest absolute Gasteiger partial charge is 0.243 e. The van der Waals surface area contributed by atoms with Crippen LogP contribution in [0.1, 0.15) is 29.5 Å². The molecule has 18 heavy (non-hydrogen) atoms. The lowest BCUT2D eigenvalue weighted by Gasteiger charge is -2.14. The molecule has 0 aliphatic heterocycles. The highest BCUT2D eigenvalue weighted by Gasteiger charge is 2.25. The number of nitrogens with one attached hydrogen (secondary N) is 1. The monoisotopic (exact) mass is 288 g/mol. The van der Waals surface area contributed by atoms with E-state index in [1.54, 1.807) is 18.4 Å². The summed E-state index contributed by atoms with van der Waals surface area (Å²) in [6, 6.07) is 2.46. The molecule has 0 radical (unpaired) electrons. The fourth-order valence-corrected chi connectivity index (χ4v) is 4.47. The van der Waals surface area contributed by atoms with E-state index in [0.717, 1.165) is 16.3 Å². The first-order valence-electron chi connectivity index (χ1n) is 6.24. The Labute approximate surface area is 113 Å². The highest BCUT2D eigenvalue weighted by atomic mass is 32.2. The van der Waals surface area contributed by atoms with E-state index >= 15 is 0 Å². The zero-order chi connectivity index (χ0) is 13.3. The minimum Gasteiger partial charge on any atom is -0.309 e. The molecule has 6 heteroatoms. The van der Waals surface area contributed by atoms with Crippen molar-refractivity contribution in [2.24, 2.45) is 0 Å². The summed E-state index contributed by atoms with van der Waals surface area (Å²) >= 11 is 1.57. The van der Waals surface area contributed by atoms with Gasteiger partial charge < -0.3 is 5.32 Å². The summed E-state index contributed by atoms with van der Waals surface area (Å²) in [5.74, 6) is 0. The van der Waals surface area contributed by atoms with E-state index in [1.165, 1.54) is 17.1 Å². The van der Waals surface area contributed by atoms with Crippen molar-refractivity contribution in [2.75, 3.05) is 13.6 Å². The largest absolute Gasteiger partial charge is 0.309 e. The van der Waals surface area contributed by atoms with Crippen molar-refractivity contribution < 1.29 is 8.42 Å². The SMILES string of the molecule is CCN(C)S(=O)(=O)c1cc(CNC2CC2)sc1C. The molecule has 1 aliphatic carbocycles. The lowest BCUT2D eigenvalue weighted by molar-refractivity contribution is 0.486. The molecular formula is C12H20N2O2S2. The molecule has 1 aromatic heterocycles. The molecule has 1 heterocycles. The maximum absolute atomic E-state index is 12.3. The topological polar surface area (TPSA) is 49.4 Å². The van der Waals surface area contributed by atoms with Gasteiger partial charge in [0.2, 0.25) is 10.0 Å². The van der Waals surface area contributed by atoms with Crippen molar-refractivity contribution >= 4 is 21.4 Å². The number of nitrogens with zero attached hydrogens (tertiary/aromatic N) is 1. The van der Waals surface area contributed by atoms with E-state index in [-0.39, 0.29) is 0 Å². The summed E-state index contributed by atoms with van der Waals surface area (Å²) in [6.07, 6.45) is 2.49. The molecule has 0 atom stereocenters. The second kappa shape index (κ2) is 5.28. The van der Waals surface area contributed by atoms with Crippen molar-refractivity contribution in [2.45, 2.75) is 44.2 Å². The molecule has 0 aromatic carbocycles. The van der Waals surface area contributed by atoms with E-state index in [2.05, 4.69) is 5.32 Å². The molecule has 0 amide bonds. The molecule has 1 fully saturated rings. The van der Waals surface area contributed by atoms with Crippen LogP contribution in [0.2, 0.25) is 0 Å². The first kappa shape index (κ1) is 14.0. The maximum Gasteiger partial charge on any atom is 0.243 e. The van der Waals surface area contributed by atoms with Crippen LogP contribution in [0.25, 0.3) is 0 Å². The Balaban J connectivity index is 2.17. The zero-order valence-corrected chi connectivity index (χ0v) is 12.7. The summed E-state index contributed by atoms with van der Waals surface area (Å²) < 4.78 is 25.9. The van der Waals surface area contributed by atoms with Crippen molar-refractivity contribution in [3.8, 4) is 0 Å². The van der Waals surface area contributed by atoms with Gasteiger partial charge in [-0.25, -0.2) is 12.7 Å². The predicted molar refractivity (Wildman–Crippen MR) is 74.4 cm³/mol.